The maximum atomic E-state index is 12.8. The van der Waals surface area contributed by atoms with Crippen molar-refractivity contribution in [3.05, 3.63) is 34.8 Å². The molecule has 9 heteroatoms. The van der Waals surface area contributed by atoms with Crippen LogP contribution >= 0.6 is 11.3 Å². The number of hydrogen-bond donors (Lipinski definition) is 2. The van der Waals surface area contributed by atoms with Gasteiger partial charge in [-0.3, -0.25) is 14.5 Å². The molecule has 0 fully saturated rings. The second-order valence-corrected chi connectivity index (χ2v) is 7.86. The largest absolute Gasteiger partial charge is 0.462 e. The maximum absolute atomic E-state index is 12.8. The number of benzene rings is 1. The molecule has 1 aliphatic heterocycles. The van der Waals surface area contributed by atoms with Gasteiger partial charge in [0.15, 0.2) is 5.13 Å². The van der Waals surface area contributed by atoms with E-state index in [2.05, 4.69) is 15.6 Å². The Morgan fingerprint density at radius 3 is 2.75 bits per heavy atom. The lowest BCUT2D eigenvalue weighted by atomic mass is 9.98. The number of nitrogens with zero attached hydrogens (tertiary/aromatic N) is 2. The Balaban J connectivity index is 1.77. The predicted octanol–water partition coefficient (Wildman–Crippen LogP) is 2.80. The number of thiazole rings is 1. The molecule has 2 N–H and O–H groups in total. The molecule has 0 spiro atoms. The first-order chi connectivity index (χ1) is 13.2. The van der Waals surface area contributed by atoms with Crippen molar-refractivity contribution in [2.24, 2.45) is 0 Å². The number of para-hydroxylation sites is 2. The lowest BCUT2D eigenvalue weighted by molar-refractivity contribution is -0.124. The van der Waals surface area contributed by atoms with Gasteiger partial charge >= 0.3 is 5.97 Å². The highest BCUT2D eigenvalue weighted by Crippen LogP contribution is 2.35. The molecule has 0 aliphatic carbocycles. The predicted molar refractivity (Wildman–Crippen MR) is 108 cm³/mol. The zero-order valence-corrected chi connectivity index (χ0v) is 17.0. The number of fused-ring (bicyclic) bond motifs is 1. The van der Waals surface area contributed by atoms with Crippen molar-refractivity contribution in [3.63, 3.8) is 0 Å². The Hall–Kier alpha value is -2.94. The lowest BCUT2D eigenvalue weighted by Gasteiger charge is -2.39. The summed E-state index contributed by atoms with van der Waals surface area (Å²) < 4.78 is 4.98. The second kappa shape index (κ2) is 7.59. The van der Waals surface area contributed by atoms with Crippen molar-refractivity contribution >= 4 is 45.6 Å². The fraction of sp³-hybridized carbons (Fsp3) is 0.368. The van der Waals surface area contributed by atoms with Gasteiger partial charge in [-0.05, 0) is 39.8 Å². The second-order valence-electron chi connectivity index (χ2n) is 6.86. The summed E-state index contributed by atoms with van der Waals surface area (Å²) in [6, 6.07) is 7.33. The third-order valence-electron chi connectivity index (χ3n) is 4.23. The summed E-state index contributed by atoms with van der Waals surface area (Å²) in [6.45, 7) is 7.04. The molecular formula is C19H22N4O4S. The number of ether oxygens (including phenoxy) is 1. The monoisotopic (exact) mass is 402 g/mol. The average Bonchev–Trinajstić information content (AvgIpc) is 2.99. The van der Waals surface area contributed by atoms with E-state index in [0.717, 1.165) is 17.0 Å². The summed E-state index contributed by atoms with van der Waals surface area (Å²) in [6.07, 6.45) is 0. The minimum absolute atomic E-state index is 0.158. The number of aromatic nitrogens is 1. The molecule has 3 rings (SSSR count). The molecule has 0 unspecified atom stereocenters. The summed E-state index contributed by atoms with van der Waals surface area (Å²) in [5, 5.41) is 6.15. The van der Waals surface area contributed by atoms with Crippen LogP contribution in [0.4, 0.5) is 16.5 Å². The number of aryl methyl sites for hydroxylation is 1. The number of hydrogen-bond acceptors (Lipinski definition) is 7. The smallest absolute Gasteiger partial charge is 0.350 e. The molecule has 1 aliphatic rings. The molecule has 148 valence electrons. The molecule has 1 aromatic heterocycles. The van der Waals surface area contributed by atoms with Gasteiger partial charge in [-0.1, -0.05) is 23.5 Å². The fourth-order valence-corrected chi connectivity index (χ4v) is 3.82. The first-order valence-corrected chi connectivity index (χ1v) is 9.68. The summed E-state index contributed by atoms with van der Waals surface area (Å²) in [4.78, 5) is 43.3. The van der Waals surface area contributed by atoms with E-state index in [1.165, 1.54) is 4.90 Å². The van der Waals surface area contributed by atoms with Gasteiger partial charge in [0.2, 0.25) is 5.91 Å². The summed E-state index contributed by atoms with van der Waals surface area (Å²) >= 11 is 1.05. The van der Waals surface area contributed by atoms with Gasteiger partial charge < -0.3 is 15.4 Å². The topological polar surface area (TPSA) is 101 Å². The van der Waals surface area contributed by atoms with Crippen molar-refractivity contribution in [3.8, 4) is 0 Å². The molecule has 8 nitrogen and oxygen atoms in total. The van der Waals surface area contributed by atoms with Crippen molar-refractivity contribution in [2.45, 2.75) is 33.2 Å². The Morgan fingerprint density at radius 2 is 2.04 bits per heavy atom. The lowest BCUT2D eigenvalue weighted by Crippen LogP contribution is -2.55. The van der Waals surface area contributed by atoms with Crippen LogP contribution < -0.4 is 15.5 Å². The molecule has 2 amide bonds. The van der Waals surface area contributed by atoms with Crippen LogP contribution in [-0.2, 0) is 14.3 Å². The molecule has 2 aromatic rings. The van der Waals surface area contributed by atoms with Crippen LogP contribution in [0, 0.1) is 6.92 Å². The van der Waals surface area contributed by atoms with Gasteiger partial charge in [0, 0.05) is 0 Å². The molecule has 0 bridgehead atoms. The number of amides is 2. The van der Waals surface area contributed by atoms with Crippen molar-refractivity contribution < 1.29 is 19.1 Å². The van der Waals surface area contributed by atoms with E-state index >= 15 is 0 Å². The number of carbonyl (C=O) groups excluding carboxylic acids is 3. The first kappa shape index (κ1) is 19.8. The Labute approximate surface area is 166 Å². The maximum Gasteiger partial charge on any atom is 0.350 e. The fourth-order valence-electron chi connectivity index (χ4n) is 2.95. The van der Waals surface area contributed by atoms with Gasteiger partial charge in [-0.25, -0.2) is 9.78 Å². The van der Waals surface area contributed by atoms with Gasteiger partial charge in [0.25, 0.3) is 5.91 Å². The Morgan fingerprint density at radius 1 is 1.32 bits per heavy atom. The van der Waals surface area contributed by atoms with Crippen LogP contribution in [0.1, 0.15) is 36.1 Å². The van der Waals surface area contributed by atoms with E-state index in [4.69, 9.17) is 4.74 Å². The number of anilines is 3. The third-order valence-corrected chi connectivity index (χ3v) is 5.28. The minimum Gasteiger partial charge on any atom is -0.462 e. The number of carbonyl (C=O) groups is 3. The van der Waals surface area contributed by atoms with Crippen LogP contribution in [-0.4, -0.2) is 41.5 Å². The first-order valence-electron chi connectivity index (χ1n) is 8.86. The van der Waals surface area contributed by atoms with E-state index in [0.29, 0.717) is 21.4 Å². The Kier molecular flexibility index (Phi) is 5.37. The van der Waals surface area contributed by atoms with E-state index in [-0.39, 0.29) is 19.1 Å². The molecule has 1 aromatic carbocycles. The summed E-state index contributed by atoms with van der Waals surface area (Å²) in [5.41, 5.74) is 1.09. The van der Waals surface area contributed by atoms with E-state index in [1.54, 1.807) is 33.8 Å². The highest BCUT2D eigenvalue weighted by molar-refractivity contribution is 7.17. The molecule has 0 saturated heterocycles. The molecule has 0 atom stereocenters. The van der Waals surface area contributed by atoms with E-state index in [9.17, 15) is 14.4 Å². The zero-order valence-electron chi connectivity index (χ0n) is 16.2. The van der Waals surface area contributed by atoms with E-state index < -0.39 is 17.4 Å². The quantitative estimate of drug-likeness (QED) is 0.746. The molecule has 28 heavy (non-hydrogen) atoms. The zero-order chi connectivity index (χ0) is 20.5. The summed E-state index contributed by atoms with van der Waals surface area (Å²) in [5.74, 6) is -1.07. The average molecular weight is 402 g/mol. The van der Waals surface area contributed by atoms with E-state index in [1.807, 2.05) is 18.2 Å². The van der Waals surface area contributed by atoms with Gasteiger partial charge in [0.05, 0.1) is 23.7 Å². The highest BCUT2D eigenvalue weighted by Gasteiger charge is 2.39. The van der Waals surface area contributed by atoms with Crippen molar-refractivity contribution in [2.75, 3.05) is 28.7 Å². The van der Waals surface area contributed by atoms with Gasteiger partial charge in [-0.2, -0.15) is 0 Å². The van der Waals surface area contributed by atoms with Crippen LogP contribution in [0.3, 0.4) is 0 Å². The molecule has 0 radical (unpaired) electrons. The summed E-state index contributed by atoms with van der Waals surface area (Å²) in [7, 11) is 0. The van der Waals surface area contributed by atoms with Gasteiger partial charge in [0.1, 0.15) is 17.0 Å². The molecular weight excluding hydrogens is 380 g/mol. The van der Waals surface area contributed by atoms with Crippen LogP contribution in [0.15, 0.2) is 24.3 Å². The molecule has 2 heterocycles. The van der Waals surface area contributed by atoms with Gasteiger partial charge in [-0.15, -0.1) is 0 Å². The Bertz CT molecular complexity index is 938. The van der Waals surface area contributed by atoms with Crippen LogP contribution in [0.25, 0.3) is 0 Å². The van der Waals surface area contributed by atoms with Crippen molar-refractivity contribution in [1.82, 2.24) is 4.98 Å². The van der Waals surface area contributed by atoms with Crippen LogP contribution in [0.5, 0.6) is 0 Å². The molecule has 0 saturated carbocycles. The SMILES string of the molecule is CCOC(=O)c1sc(NC(=O)CN2C(=O)C(C)(C)Nc3ccccc32)nc1C. The standard InChI is InChI=1S/C19H22N4O4S/c1-5-27-16(25)15-11(2)20-18(28-15)21-14(24)10-23-13-9-7-6-8-12(13)22-19(3,4)17(23)26/h6-9,22H,5,10H2,1-4H3,(H,20,21,24). The minimum atomic E-state index is -0.830. The number of nitrogens with one attached hydrogen (secondary N) is 2. The normalized spacial score (nSPS) is 14.9. The number of rotatable bonds is 5. The van der Waals surface area contributed by atoms with Crippen LogP contribution in [0.2, 0.25) is 0 Å². The van der Waals surface area contributed by atoms with Crippen molar-refractivity contribution in [1.29, 1.82) is 0 Å². The third kappa shape index (κ3) is 3.84. The number of esters is 1. The highest BCUT2D eigenvalue weighted by atomic mass is 32.1.